The van der Waals surface area contributed by atoms with Crippen LogP contribution in [0, 0.1) is 0 Å². The second-order valence-corrected chi connectivity index (χ2v) is 10.1. The van der Waals surface area contributed by atoms with Crippen molar-refractivity contribution >= 4 is 21.8 Å². The lowest BCUT2D eigenvalue weighted by molar-refractivity contribution is -0.137. The molecular weight excluding hydrogens is 463 g/mol. The molecule has 0 radical (unpaired) electrons. The highest BCUT2D eigenvalue weighted by Crippen LogP contribution is 2.37. The minimum absolute atomic E-state index is 0.129. The Labute approximate surface area is 188 Å². The molecule has 0 aliphatic carbocycles. The number of sulfonamides is 1. The minimum atomic E-state index is -4.39. The largest absolute Gasteiger partial charge is 0.416 e. The van der Waals surface area contributed by atoms with Crippen LogP contribution in [-0.4, -0.2) is 36.0 Å². The second-order valence-electron chi connectivity index (χ2n) is 6.87. The lowest BCUT2D eigenvalue weighted by atomic mass is 10.1. The summed E-state index contributed by atoms with van der Waals surface area (Å²) >= 11 is 1.20. The third-order valence-electron chi connectivity index (χ3n) is 4.82. The number of hydrogen-bond acceptors (Lipinski definition) is 6. The summed E-state index contributed by atoms with van der Waals surface area (Å²) in [5.41, 5.74) is 0.424. The van der Waals surface area contributed by atoms with Gasteiger partial charge in [0.25, 0.3) is 5.22 Å². The first-order valence-corrected chi connectivity index (χ1v) is 12.2. The zero-order valence-electron chi connectivity index (χ0n) is 17.6. The van der Waals surface area contributed by atoms with Gasteiger partial charge in [0.15, 0.2) is 0 Å². The third kappa shape index (κ3) is 5.33. The number of alkyl halides is 3. The number of rotatable bonds is 8. The molecule has 172 valence electrons. The number of hydrogen-bond donors (Lipinski definition) is 0. The molecule has 0 fully saturated rings. The van der Waals surface area contributed by atoms with Gasteiger partial charge < -0.3 is 4.42 Å². The summed E-state index contributed by atoms with van der Waals surface area (Å²) in [7, 11) is -3.64. The van der Waals surface area contributed by atoms with E-state index in [0.29, 0.717) is 24.2 Å². The van der Waals surface area contributed by atoms with Crippen molar-refractivity contribution < 1.29 is 26.0 Å². The summed E-state index contributed by atoms with van der Waals surface area (Å²) in [6.45, 7) is 6.06. The highest BCUT2D eigenvalue weighted by Gasteiger charge is 2.30. The number of aromatic nitrogens is 2. The Hall–Kier alpha value is -2.37. The van der Waals surface area contributed by atoms with Crippen molar-refractivity contribution in [3.05, 3.63) is 59.7 Å². The van der Waals surface area contributed by atoms with E-state index in [2.05, 4.69) is 10.2 Å². The van der Waals surface area contributed by atoms with E-state index in [0.717, 1.165) is 12.1 Å². The molecule has 0 bridgehead atoms. The summed E-state index contributed by atoms with van der Waals surface area (Å²) in [4.78, 5) is 0.129. The van der Waals surface area contributed by atoms with Crippen LogP contribution in [0.25, 0.3) is 11.5 Å². The molecule has 1 unspecified atom stereocenters. The van der Waals surface area contributed by atoms with Crippen LogP contribution in [-0.2, 0) is 16.2 Å². The molecule has 0 saturated carbocycles. The van der Waals surface area contributed by atoms with Crippen LogP contribution in [0.3, 0.4) is 0 Å². The Morgan fingerprint density at radius 1 is 1.06 bits per heavy atom. The van der Waals surface area contributed by atoms with Crippen LogP contribution in [0.15, 0.2) is 63.1 Å². The van der Waals surface area contributed by atoms with Crippen molar-refractivity contribution in [3.63, 3.8) is 0 Å². The van der Waals surface area contributed by atoms with Crippen LogP contribution >= 0.6 is 11.8 Å². The van der Waals surface area contributed by atoms with Gasteiger partial charge in [-0.25, -0.2) is 8.42 Å². The number of benzene rings is 2. The van der Waals surface area contributed by atoms with Crippen molar-refractivity contribution in [1.82, 2.24) is 14.5 Å². The summed E-state index contributed by atoms with van der Waals surface area (Å²) in [5, 5.41) is 7.96. The van der Waals surface area contributed by atoms with E-state index < -0.39 is 21.8 Å². The van der Waals surface area contributed by atoms with Gasteiger partial charge in [0.05, 0.1) is 10.5 Å². The van der Waals surface area contributed by atoms with Gasteiger partial charge in [-0.15, -0.1) is 10.2 Å². The van der Waals surface area contributed by atoms with E-state index in [9.17, 15) is 21.6 Å². The maximum absolute atomic E-state index is 12.8. The molecule has 6 nitrogen and oxygen atoms in total. The predicted molar refractivity (Wildman–Crippen MR) is 116 cm³/mol. The lowest BCUT2D eigenvalue weighted by Gasteiger charge is -2.18. The van der Waals surface area contributed by atoms with E-state index in [1.807, 2.05) is 6.92 Å². The summed E-state index contributed by atoms with van der Waals surface area (Å²) in [5.74, 6) is 0.156. The Kier molecular flexibility index (Phi) is 7.31. The first-order valence-electron chi connectivity index (χ1n) is 9.84. The van der Waals surface area contributed by atoms with Crippen molar-refractivity contribution in [1.29, 1.82) is 0 Å². The third-order valence-corrected chi connectivity index (χ3v) is 7.85. The van der Waals surface area contributed by atoms with Crippen molar-refractivity contribution in [2.45, 2.75) is 42.3 Å². The molecule has 1 atom stereocenters. The maximum atomic E-state index is 12.8. The van der Waals surface area contributed by atoms with Gasteiger partial charge in [0.1, 0.15) is 0 Å². The Balaban J connectivity index is 1.77. The highest BCUT2D eigenvalue weighted by atomic mass is 32.2. The molecule has 3 aromatic rings. The predicted octanol–water partition coefficient (Wildman–Crippen LogP) is 5.64. The molecule has 1 aromatic heterocycles. The number of halogens is 3. The number of nitrogens with zero attached hydrogens (tertiary/aromatic N) is 3. The monoisotopic (exact) mass is 485 g/mol. The molecule has 32 heavy (non-hydrogen) atoms. The first kappa shape index (κ1) is 24.3. The molecule has 0 aliphatic rings. The molecule has 11 heteroatoms. The fourth-order valence-electron chi connectivity index (χ4n) is 3.04. The first-order chi connectivity index (χ1) is 15.1. The van der Waals surface area contributed by atoms with Gasteiger partial charge in [-0.05, 0) is 42.8 Å². The van der Waals surface area contributed by atoms with Crippen molar-refractivity contribution in [3.8, 4) is 11.5 Å². The van der Waals surface area contributed by atoms with Crippen LogP contribution in [0.4, 0.5) is 13.2 Å². The fraction of sp³-hybridized carbons (Fsp3) is 0.333. The van der Waals surface area contributed by atoms with Gasteiger partial charge in [-0.3, -0.25) is 0 Å². The van der Waals surface area contributed by atoms with Crippen molar-refractivity contribution in [2.24, 2.45) is 0 Å². The molecule has 2 aromatic carbocycles. The Bertz CT molecular complexity index is 1160. The van der Waals surface area contributed by atoms with E-state index in [-0.39, 0.29) is 21.3 Å². The molecule has 0 saturated heterocycles. The second kappa shape index (κ2) is 9.63. The number of thioether (sulfide) groups is 1. The van der Waals surface area contributed by atoms with Crippen LogP contribution in [0.5, 0.6) is 0 Å². The fourth-order valence-corrected chi connectivity index (χ4v) is 5.35. The topological polar surface area (TPSA) is 76.3 Å². The molecule has 0 spiro atoms. The zero-order chi connectivity index (χ0) is 23.5. The summed E-state index contributed by atoms with van der Waals surface area (Å²) < 4.78 is 70.8. The SMILES string of the molecule is CCN(CC)S(=O)(=O)c1cccc(-c2nnc(SC(C)c3ccc(C(F)(F)F)cc3)o2)c1. The van der Waals surface area contributed by atoms with Gasteiger partial charge in [0.2, 0.25) is 15.9 Å². The standard InChI is InChI=1S/C21H22F3N3O3S2/c1-4-27(5-2)32(28,29)18-8-6-7-16(13-18)19-25-26-20(30-19)31-14(3)15-9-11-17(12-10-15)21(22,23)24/h6-14H,4-5H2,1-3H3. The van der Waals surface area contributed by atoms with Gasteiger partial charge >= 0.3 is 6.18 Å². The zero-order valence-corrected chi connectivity index (χ0v) is 19.3. The van der Waals surface area contributed by atoms with Gasteiger partial charge in [0, 0.05) is 23.9 Å². The smallest absolute Gasteiger partial charge is 0.411 e. The Morgan fingerprint density at radius 3 is 2.31 bits per heavy atom. The van der Waals surface area contributed by atoms with Crippen LogP contribution < -0.4 is 0 Å². The quantitative estimate of drug-likeness (QED) is 0.385. The molecule has 0 aliphatic heterocycles. The normalized spacial score (nSPS) is 13.5. The average Bonchev–Trinajstić information content (AvgIpc) is 3.22. The van der Waals surface area contributed by atoms with Gasteiger partial charge in [-0.2, -0.15) is 17.5 Å². The molecule has 0 N–H and O–H groups in total. The lowest BCUT2D eigenvalue weighted by Crippen LogP contribution is -2.30. The van der Waals surface area contributed by atoms with Crippen LogP contribution in [0.1, 0.15) is 37.1 Å². The van der Waals surface area contributed by atoms with E-state index in [1.165, 1.54) is 40.3 Å². The van der Waals surface area contributed by atoms with Gasteiger partial charge in [-0.1, -0.05) is 43.8 Å². The van der Waals surface area contributed by atoms with Crippen LogP contribution in [0.2, 0.25) is 0 Å². The molecule has 0 amide bonds. The van der Waals surface area contributed by atoms with Crippen molar-refractivity contribution in [2.75, 3.05) is 13.1 Å². The van der Waals surface area contributed by atoms with E-state index in [1.54, 1.807) is 26.0 Å². The summed E-state index contributed by atoms with van der Waals surface area (Å²) in [6, 6.07) is 11.2. The molecular formula is C21H22F3N3O3S2. The summed E-state index contributed by atoms with van der Waals surface area (Å²) in [6.07, 6.45) is -4.39. The molecule has 3 rings (SSSR count). The van der Waals surface area contributed by atoms with E-state index >= 15 is 0 Å². The highest BCUT2D eigenvalue weighted by molar-refractivity contribution is 7.99. The minimum Gasteiger partial charge on any atom is -0.411 e. The maximum Gasteiger partial charge on any atom is 0.416 e. The molecule has 1 heterocycles. The Morgan fingerprint density at radius 2 is 1.72 bits per heavy atom. The van der Waals surface area contributed by atoms with E-state index in [4.69, 9.17) is 4.42 Å². The average molecular weight is 486 g/mol.